The van der Waals surface area contributed by atoms with E-state index in [-0.39, 0.29) is 18.7 Å². The predicted octanol–water partition coefficient (Wildman–Crippen LogP) is 4.19. The van der Waals surface area contributed by atoms with Crippen LogP contribution in [0.5, 0.6) is 11.5 Å². The van der Waals surface area contributed by atoms with Crippen LogP contribution in [-0.2, 0) is 16.0 Å². The average molecular weight is 586 g/mol. The molecule has 2 N–H and O–H groups in total. The molecule has 11 nitrogen and oxygen atoms in total. The van der Waals surface area contributed by atoms with Gasteiger partial charge in [0.15, 0.2) is 11.5 Å². The molecule has 0 atom stereocenters. The van der Waals surface area contributed by atoms with Crippen molar-refractivity contribution in [2.75, 3.05) is 63.4 Å². The summed E-state index contributed by atoms with van der Waals surface area (Å²) in [5.74, 6) is 1.47. The van der Waals surface area contributed by atoms with E-state index in [0.29, 0.717) is 48.1 Å². The number of aromatic nitrogens is 2. The standard InChI is InChI=1S/C32H35N5O6/c1-3-40-31(38)22-5-8-26(24(33)17-22)36-14-11-35(12-15-36)13-16-37-27-9-6-23(32(39)41-4-2)18-25(27)34-30(37)21-7-10-28-29(19-21)43-20-42-28/h5-10,17-19H,3-4,11-16,20,33H2,1-2H3. The molecule has 1 fully saturated rings. The third kappa shape index (κ3) is 5.80. The summed E-state index contributed by atoms with van der Waals surface area (Å²) in [5.41, 5.74) is 11.3. The predicted molar refractivity (Wildman–Crippen MR) is 163 cm³/mol. The fraction of sp³-hybridized carbons (Fsp3) is 0.344. The van der Waals surface area contributed by atoms with Crippen molar-refractivity contribution in [3.05, 3.63) is 65.7 Å². The van der Waals surface area contributed by atoms with E-state index >= 15 is 0 Å². The summed E-state index contributed by atoms with van der Waals surface area (Å²) in [6, 6.07) is 16.7. The smallest absolute Gasteiger partial charge is 0.338 e. The zero-order chi connectivity index (χ0) is 29.9. The Hall–Kier alpha value is -4.77. The van der Waals surface area contributed by atoms with Gasteiger partial charge in [-0.25, -0.2) is 14.6 Å². The highest BCUT2D eigenvalue weighted by Crippen LogP contribution is 2.37. The Bertz CT molecular complexity index is 1660. The quantitative estimate of drug-likeness (QED) is 0.226. The lowest BCUT2D eigenvalue weighted by Gasteiger charge is -2.36. The Morgan fingerprint density at radius 1 is 0.837 bits per heavy atom. The van der Waals surface area contributed by atoms with Crippen LogP contribution < -0.4 is 20.1 Å². The van der Waals surface area contributed by atoms with E-state index in [1.54, 1.807) is 38.1 Å². The SMILES string of the molecule is CCOC(=O)c1ccc(N2CCN(CCn3c(-c4ccc5c(c4)OCO5)nc4cc(C(=O)OCC)ccc43)CC2)c(N)c1. The van der Waals surface area contributed by atoms with E-state index in [4.69, 9.17) is 29.7 Å². The van der Waals surface area contributed by atoms with Crippen LogP contribution in [0.4, 0.5) is 11.4 Å². The first-order chi connectivity index (χ1) is 20.9. The van der Waals surface area contributed by atoms with Crippen molar-refractivity contribution in [1.29, 1.82) is 0 Å². The number of carbonyl (C=O) groups is 2. The summed E-state index contributed by atoms with van der Waals surface area (Å²) >= 11 is 0. The Balaban J connectivity index is 1.19. The zero-order valence-electron chi connectivity index (χ0n) is 24.4. The highest BCUT2D eigenvalue weighted by atomic mass is 16.7. The number of piperazine rings is 1. The van der Waals surface area contributed by atoms with Gasteiger partial charge in [-0.1, -0.05) is 0 Å². The van der Waals surface area contributed by atoms with E-state index in [0.717, 1.165) is 60.8 Å². The van der Waals surface area contributed by atoms with Crippen molar-refractivity contribution in [1.82, 2.24) is 14.5 Å². The van der Waals surface area contributed by atoms with Crippen molar-refractivity contribution >= 4 is 34.3 Å². The third-order valence-corrected chi connectivity index (χ3v) is 7.78. The Kier molecular flexibility index (Phi) is 8.06. The topological polar surface area (TPSA) is 121 Å². The van der Waals surface area contributed by atoms with Gasteiger partial charge in [-0.15, -0.1) is 0 Å². The molecule has 0 unspecified atom stereocenters. The molecule has 0 amide bonds. The number of anilines is 2. The van der Waals surface area contributed by atoms with Crippen LogP contribution in [0.2, 0.25) is 0 Å². The van der Waals surface area contributed by atoms with Crippen LogP contribution in [0.1, 0.15) is 34.6 Å². The molecule has 0 saturated carbocycles. The van der Waals surface area contributed by atoms with Gasteiger partial charge in [0, 0.05) is 44.8 Å². The Morgan fingerprint density at radius 2 is 1.53 bits per heavy atom. The van der Waals surface area contributed by atoms with Gasteiger partial charge in [-0.2, -0.15) is 0 Å². The van der Waals surface area contributed by atoms with Crippen LogP contribution in [-0.4, -0.2) is 79.1 Å². The van der Waals surface area contributed by atoms with Crippen LogP contribution in [0.15, 0.2) is 54.6 Å². The number of nitrogens with two attached hydrogens (primary N) is 1. The minimum Gasteiger partial charge on any atom is -0.462 e. The highest BCUT2D eigenvalue weighted by Gasteiger charge is 2.23. The monoisotopic (exact) mass is 585 g/mol. The minimum atomic E-state index is -0.366. The number of rotatable bonds is 9. The van der Waals surface area contributed by atoms with Gasteiger partial charge >= 0.3 is 11.9 Å². The molecular formula is C32H35N5O6. The van der Waals surface area contributed by atoms with E-state index < -0.39 is 0 Å². The number of imidazole rings is 1. The van der Waals surface area contributed by atoms with E-state index in [1.807, 2.05) is 30.3 Å². The number of ether oxygens (including phenoxy) is 4. The Morgan fingerprint density at radius 3 is 2.26 bits per heavy atom. The number of esters is 2. The number of fused-ring (bicyclic) bond motifs is 2. The molecule has 1 saturated heterocycles. The van der Waals surface area contributed by atoms with Crippen LogP contribution >= 0.6 is 0 Å². The van der Waals surface area contributed by atoms with Crippen molar-refractivity contribution < 1.29 is 28.5 Å². The van der Waals surface area contributed by atoms with Gasteiger partial charge in [0.25, 0.3) is 0 Å². The van der Waals surface area contributed by atoms with E-state index in [9.17, 15) is 9.59 Å². The largest absolute Gasteiger partial charge is 0.462 e. The third-order valence-electron chi connectivity index (χ3n) is 7.78. The second-order valence-corrected chi connectivity index (χ2v) is 10.4. The first-order valence-electron chi connectivity index (χ1n) is 14.6. The number of hydrogen-bond donors (Lipinski definition) is 1. The summed E-state index contributed by atoms with van der Waals surface area (Å²) in [5, 5.41) is 0. The lowest BCUT2D eigenvalue weighted by atomic mass is 10.1. The molecule has 3 heterocycles. The first-order valence-corrected chi connectivity index (χ1v) is 14.6. The molecule has 0 bridgehead atoms. The molecule has 0 aliphatic carbocycles. The lowest BCUT2D eigenvalue weighted by Crippen LogP contribution is -2.47. The van der Waals surface area contributed by atoms with Crippen molar-refractivity contribution in [3.63, 3.8) is 0 Å². The molecule has 2 aliphatic rings. The van der Waals surface area contributed by atoms with Gasteiger partial charge in [0.1, 0.15) is 5.82 Å². The number of carbonyl (C=O) groups excluding carboxylic acids is 2. The van der Waals surface area contributed by atoms with Gasteiger partial charge in [0.05, 0.1) is 46.7 Å². The van der Waals surface area contributed by atoms with Crippen LogP contribution in [0, 0.1) is 0 Å². The fourth-order valence-corrected chi connectivity index (χ4v) is 5.59. The summed E-state index contributed by atoms with van der Waals surface area (Å²) < 4.78 is 23.6. The molecule has 0 spiro atoms. The first kappa shape index (κ1) is 28.4. The van der Waals surface area contributed by atoms with Crippen molar-refractivity contribution in [3.8, 4) is 22.9 Å². The minimum absolute atomic E-state index is 0.200. The lowest BCUT2D eigenvalue weighted by molar-refractivity contribution is 0.0517. The average Bonchev–Trinajstić information content (AvgIpc) is 3.64. The molecule has 0 radical (unpaired) electrons. The molecule has 11 heteroatoms. The van der Waals surface area contributed by atoms with E-state index in [2.05, 4.69) is 14.4 Å². The number of benzene rings is 3. The number of hydrogen-bond acceptors (Lipinski definition) is 10. The number of nitrogens with zero attached hydrogens (tertiary/aromatic N) is 4. The molecule has 2 aliphatic heterocycles. The normalized spacial score (nSPS) is 14.7. The molecule has 224 valence electrons. The second-order valence-electron chi connectivity index (χ2n) is 10.4. The maximum atomic E-state index is 12.4. The van der Waals surface area contributed by atoms with Gasteiger partial charge in [-0.3, -0.25) is 4.90 Å². The molecule has 4 aromatic rings. The van der Waals surface area contributed by atoms with Gasteiger partial charge < -0.3 is 34.1 Å². The number of nitrogen functional groups attached to an aromatic ring is 1. The maximum Gasteiger partial charge on any atom is 0.338 e. The van der Waals surface area contributed by atoms with Crippen LogP contribution in [0.25, 0.3) is 22.4 Å². The zero-order valence-corrected chi connectivity index (χ0v) is 24.4. The van der Waals surface area contributed by atoms with Gasteiger partial charge in [0.2, 0.25) is 6.79 Å². The highest BCUT2D eigenvalue weighted by molar-refractivity contribution is 5.94. The summed E-state index contributed by atoms with van der Waals surface area (Å²) in [6.07, 6.45) is 0. The van der Waals surface area contributed by atoms with E-state index in [1.165, 1.54) is 0 Å². The van der Waals surface area contributed by atoms with Crippen molar-refractivity contribution in [2.45, 2.75) is 20.4 Å². The Labute approximate surface area is 249 Å². The summed E-state index contributed by atoms with van der Waals surface area (Å²) in [7, 11) is 0. The molecular weight excluding hydrogens is 550 g/mol. The summed E-state index contributed by atoms with van der Waals surface area (Å²) in [4.78, 5) is 34.1. The van der Waals surface area contributed by atoms with Gasteiger partial charge in [-0.05, 0) is 68.4 Å². The molecule has 43 heavy (non-hydrogen) atoms. The molecule has 3 aromatic carbocycles. The molecule has 1 aromatic heterocycles. The van der Waals surface area contributed by atoms with Crippen LogP contribution in [0.3, 0.4) is 0 Å². The second kappa shape index (κ2) is 12.2. The fourth-order valence-electron chi connectivity index (χ4n) is 5.59. The molecule has 6 rings (SSSR count). The summed E-state index contributed by atoms with van der Waals surface area (Å²) in [6.45, 7) is 9.27. The maximum absolute atomic E-state index is 12.4. The van der Waals surface area contributed by atoms with Crippen molar-refractivity contribution in [2.24, 2.45) is 0 Å².